The molecule has 4 nitrogen and oxygen atoms in total. The summed E-state index contributed by atoms with van der Waals surface area (Å²) >= 11 is 0. The number of aromatic hydroxyl groups is 1. The maximum absolute atomic E-state index is 11.9. The van der Waals surface area contributed by atoms with Crippen LogP contribution >= 0.6 is 0 Å². The van der Waals surface area contributed by atoms with Crippen molar-refractivity contribution in [3.8, 4) is 5.75 Å². The van der Waals surface area contributed by atoms with Gasteiger partial charge in [-0.15, -0.1) is 13.2 Å². The topological polar surface area (TPSA) is 45.5 Å². The molecule has 1 aliphatic carbocycles. The second kappa shape index (κ2) is 8.73. The highest BCUT2D eigenvalue weighted by Crippen LogP contribution is 2.29. The molecule has 4 heteroatoms. The molecular formula is C19H28N2O2. The van der Waals surface area contributed by atoms with Gasteiger partial charge in [0.15, 0.2) is 5.75 Å². The van der Waals surface area contributed by atoms with E-state index in [9.17, 15) is 9.90 Å². The Hall–Kier alpha value is -1.81. The van der Waals surface area contributed by atoms with Gasteiger partial charge in [0.05, 0.1) is 6.20 Å². The molecule has 0 atom stereocenters. The first-order valence-electron chi connectivity index (χ1n) is 8.54. The number of nitrogens with zero attached hydrogens (tertiary/aromatic N) is 2. The lowest BCUT2D eigenvalue weighted by Gasteiger charge is -2.26. The van der Waals surface area contributed by atoms with Crippen LogP contribution in [0.4, 0.5) is 0 Å². The molecule has 1 aromatic heterocycles. The number of rotatable bonds is 7. The van der Waals surface area contributed by atoms with Gasteiger partial charge in [-0.05, 0) is 12.8 Å². The maximum atomic E-state index is 11.9. The molecule has 0 radical (unpaired) electrons. The van der Waals surface area contributed by atoms with Gasteiger partial charge in [0.2, 0.25) is 5.43 Å². The second-order valence-corrected chi connectivity index (χ2v) is 6.34. The minimum Gasteiger partial charge on any atom is -0.503 e. The van der Waals surface area contributed by atoms with E-state index >= 15 is 0 Å². The molecule has 23 heavy (non-hydrogen) atoms. The molecule has 0 amide bonds. The van der Waals surface area contributed by atoms with E-state index in [2.05, 4.69) is 22.6 Å². The fourth-order valence-electron chi connectivity index (χ4n) is 3.38. The Labute approximate surface area is 138 Å². The van der Waals surface area contributed by atoms with Gasteiger partial charge < -0.3 is 9.67 Å². The average molecular weight is 316 g/mol. The maximum Gasteiger partial charge on any atom is 0.223 e. The fraction of sp³-hybridized carbons (Fsp3) is 0.526. The normalized spacial score (nSPS) is 16.2. The van der Waals surface area contributed by atoms with Gasteiger partial charge in [-0.1, -0.05) is 37.8 Å². The molecule has 2 rings (SSSR count). The third-order valence-corrected chi connectivity index (χ3v) is 4.52. The van der Waals surface area contributed by atoms with Crippen LogP contribution in [-0.2, 0) is 6.54 Å². The highest BCUT2D eigenvalue weighted by atomic mass is 16.3. The van der Waals surface area contributed by atoms with Gasteiger partial charge in [0.1, 0.15) is 0 Å². The lowest BCUT2D eigenvalue weighted by molar-refractivity contribution is 0.304. The number of hydrogen-bond donors (Lipinski definition) is 1. The van der Waals surface area contributed by atoms with Crippen LogP contribution in [0.5, 0.6) is 5.75 Å². The molecule has 1 fully saturated rings. The summed E-state index contributed by atoms with van der Waals surface area (Å²) in [4.78, 5) is 14.1. The molecule has 0 bridgehead atoms. The van der Waals surface area contributed by atoms with Gasteiger partial charge in [-0.25, -0.2) is 0 Å². The summed E-state index contributed by atoms with van der Waals surface area (Å²) in [5.41, 5.74) is 0.658. The van der Waals surface area contributed by atoms with Crippen LogP contribution < -0.4 is 5.43 Å². The molecule has 0 spiro atoms. The smallest absolute Gasteiger partial charge is 0.223 e. The average Bonchev–Trinajstić information content (AvgIpc) is 2.80. The zero-order chi connectivity index (χ0) is 16.7. The molecule has 126 valence electrons. The van der Waals surface area contributed by atoms with Crippen LogP contribution in [0.2, 0.25) is 0 Å². The van der Waals surface area contributed by atoms with Crippen LogP contribution in [0.15, 0.2) is 42.4 Å². The van der Waals surface area contributed by atoms with Gasteiger partial charge in [0, 0.05) is 37.4 Å². The van der Waals surface area contributed by atoms with Crippen LogP contribution in [0.1, 0.15) is 50.3 Å². The minimum atomic E-state index is -0.304. The summed E-state index contributed by atoms with van der Waals surface area (Å²) in [5, 5.41) is 9.89. The number of hydrogen-bond acceptors (Lipinski definition) is 3. The van der Waals surface area contributed by atoms with E-state index in [1.54, 1.807) is 12.3 Å². The van der Waals surface area contributed by atoms with Crippen molar-refractivity contribution in [3.63, 3.8) is 0 Å². The number of pyridine rings is 1. The quantitative estimate of drug-likeness (QED) is 0.617. The fourth-order valence-corrected chi connectivity index (χ4v) is 3.38. The zero-order valence-corrected chi connectivity index (χ0v) is 13.9. The van der Waals surface area contributed by atoms with Crippen molar-refractivity contribution in [1.29, 1.82) is 0 Å². The molecule has 0 aliphatic heterocycles. The van der Waals surface area contributed by atoms with Crippen molar-refractivity contribution in [2.45, 2.75) is 51.1 Å². The van der Waals surface area contributed by atoms with E-state index in [-0.39, 0.29) is 11.2 Å². The molecule has 1 heterocycles. The standard InChI is InChI=1S/C19H28N2O2/c1-3-11-20(12-4-2)14-17-13-18(22)19(23)15-21(17)16-9-7-5-6-8-10-16/h3-4,13,15-16,23H,1-2,5-12,14H2. The molecule has 0 unspecified atom stereocenters. The van der Waals surface area contributed by atoms with Crippen LogP contribution in [0.3, 0.4) is 0 Å². The Balaban J connectivity index is 2.31. The van der Waals surface area contributed by atoms with Crippen LogP contribution in [0.25, 0.3) is 0 Å². The molecule has 1 saturated carbocycles. The van der Waals surface area contributed by atoms with Crippen molar-refractivity contribution < 1.29 is 5.11 Å². The van der Waals surface area contributed by atoms with Crippen LogP contribution in [-0.4, -0.2) is 27.7 Å². The Morgan fingerprint density at radius 3 is 2.35 bits per heavy atom. The molecule has 0 saturated heterocycles. The van der Waals surface area contributed by atoms with Gasteiger partial charge in [0.25, 0.3) is 0 Å². The summed E-state index contributed by atoms with van der Waals surface area (Å²) in [7, 11) is 0. The second-order valence-electron chi connectivity index (χ2n) is 6.34. The van der Waals surface area contributed by atoms with Crippen molar-refractivity contribution in [3.05, 3.63) is 53.5 Å². The molecular weight excluding hydrogens is 288 g/mol. The summed E-state index contributed by atoms with van der Waals surface area (Å²) in [6, 6.07) is 1.95. The summed E-state index contributed by atoms with van der Waals surface area (Å²) in [6.45, 7) is 9.73. The Morgan fingerprint density at radius 1 is 1.17 bits per heavy atom. The van der Waals surface area contributed by atoms with E-state index in [4.69, 9.17) is 0 Å². The Kier molecular flexibility index (Phi) is 6.66. The van der Waals surface area contributed by atoms with E-state index in [1.165, 1.54) is 25.7 Å². The lowest BCUT2D eigenvalue weighted by Crippen LogP contribution is -2.27. The third kappa shape index (κ3) is 4.83. The first kappa shape index (κ1) is 17.5. The monoisotopic (exact) mass is 316 g/mol. The molecule has 0 aromatic carbocycles. The summed E-state index contributed by atoms with van der Waals surface area (Å²) < 4.78 is 2.13. The summed E-state index contributed by atoms with van der Waals surface area (Å²) in [5.74, 6) is -0.156. The van der Waals surface area contributed by atoms with E-state index < -0.39 is 0 Å². The Bertz CT molecular complexity index is 574. The van der Waals surface area contributed by atoms with Crippen molar-refractivity contribution in [2.24, 2.45) is 0 Å². The predicted molar refractivity (Wildman–Crippen MR) is 94.8 cm³/mol. The largest absolute Gasteiger partial charge is 0.503 e. The van der Waals surface area contributed by atoms with Gasteiger partial charge in [-0.3, -0.25) is 9.69 Å². The first-order valence-corrected chi connectivity index (χ1v) is 8.54. The summed E-state index contributed by atoms with van der Waals surface area (Å²) in [6.07, 6.45) is 12.5. The number of aromatic nitrogens is 1. The lowest BCUT2D eigenvalue weighted by atomic mass is 10.1. The highest BCUT2D eigenvalue weighted by Gasteiger charge is 2.18. The highest BCUT2D eigenvalue weighted by molar-refractivity contribution is 5.21. The predicted octanol–water partition coefficient (Wildman–Crippen LogP) is 3.62. The molecule has 1 aliphatic rings. The third-order valence-electron chi connectivity index (χ3n) is 4.52. The van der Waals surface area contributed by atoms with Crippen molar-refractivity contribution >= 4 is 0 Å². The zero-order valence-electron chi connectivity index (χ0n) is 13.9. The van der Waals surface area contributed by atoms with Crippen molar-refractivity contribution in [2.75, 3.05) is 13.1 Å². The Morgan fingerprint density at radius 2 is 1.78 bits per heavy atom. The van der Waals surface area contributed by atoms with E-state index in [1.807, 2.05) is 12.2 Å². The van der Waals surface area contributed by atoms with E-state index in [0.717, 1.165) is 31.6 Å². The SMILES string of the molecule is C=CCN(CC=C)Cc1cc(=O)c(O)cn1C1CCCCCC1. The molecule has 1 N–H and O–H groups in total. The van der Waals surface area contributed by atoms with Crippen molar-refractivity contribution in [1.82, 2.24) is 9.47 Å². The van der Waals surface area contributed by atoms with Crippen LogP contribution in [0, 0.1) is 0 Å². The molecule has 1 aromatic rings. The van der Waals surface area contributed by atoms with Gasteiger partial charge >= 0.3 is 0 Å². The van der Waals surface area contributed by atoms with Gasteiger partial charge in [-0.2, -0.15) is 0 Å². The minimum absolute atomic E-state index is 0.156. The first-order chi connectivity index (χ1) is 11.2. The van der Waals surface area contributed by atoms with E-state index in [0.29, 0.717) is 12.6 Å².